The van der Waals surface area contributed by atoms with E-state index in [9.17, 15) is 0 Å². The monoisotopic (exact) mass is 228 g/mol. The van der Waals surface area contributed by atoms with E-state index in [1.54, 1.807) is 6.20 Å². The lowest BCUT2D eigenvalue weighted by Gasteiger charge is -1.99. The quantitative estimate of drug-likeness (QED) is 0.818. The van der Waals surface area contributed by atoms with Crippen molar-refractivity contribution >= 4 is 0 Å². The summed E-state index contributed by atoms with van der Waals surface area (Å²) in [4.78, 5) is 11.8. The Labute approximate surface area is 101 Å². The van der Waals surface area contributed by atoms with E-state index in [0.29, 0.717) is 0 Å². The van der Waals surface area contributed by atoms with Crippen LogP contribution < -0.4 is 5.32 Å². The first-order valence-corrected chi connectivity index (χ1v) is 6.05. The Bertz CT molecular complexity index is 473. The highest BCUT2D eigenvalue weighted by molar-refractivity contribution is 5.15. The molecule has 17 heavy (non-hydrogen) atoms. The van der Waals surface area contributed by atoms with Crippen LogP contribution in [-0.2, 0) is 13.0 Å². The second-order valence-electron chi connectivity index (χ2n) is 4.55. The molecule has 0 amide bonds. The van der Waals surface area contributed by atoms with Gasteiger partial charge < -0.3 is 10.3 Å². The second-order valence-corrected chi connectivity index (χ2v) is 4.55. The van der Waals surface area contributed by atoms with Gasteiger partial charge in [0.2, 0.25) is 0 Å². The van der Waals surface area contributed by atoms with Gasteiger partial charge in [-0.3, -0.25) is 4.98 Å². The van der Waals surface area contributed by atoms with Crippen LogP contribution in [0.5, 0.6) is 0 Å². The van der Waals surface area contributed by atoms with Gasteiger partial charge in [-0.2, -0.15) is 0 Å². The Morgan fingerprint density at radius 1 is 1.35 bits per heavy atom. The number of hydrogen-bond donors (Lipinski definition) is 2. The fraction of sp³-hybridized carbons (Fsp3) is 0.385. The van der Waals surface area contributed by atoms with Crippen LogP contribution in [0.25, 0.3) is 0 Å². The zero-order valence-corrected chi connectivity index (χ0v) is 9.69. The van der Waals surface area contributed by atoms with E-state index in [1.165, 1.54) is 18.4 Å². The molecule has 0 radical (unpaired) electrons. The molecule has 3 rings (SSSR count). The summed E-state index contributed by atoms with van der Waals surface area (Å²) in [7, 11) is 0. The molecule has 1 fully saturated rings. The summed E-state index contributed by atoms with van der Waals surface area (Å²) in [5, 5.41) is 3.47. The minimum absolute atomic E-state index is 0.736. The van der Waals surface area contributed by atoms with Gasteiger partial charge in [0, 0.05) is 43.3 Å². The number of H-pyrrole nitrogens is 1. The molecule has 0 atom stereocenters. The molecule has 2 N–H and O–H groups in total. The van der Waals surface area contributed by atoms with E-state index in [2.05, 4.69) is 26.3 Å². The third kappa shape index (κ3) is 2.91. The highest BCUT2D eigenvalue weighted by Crippen LogP contribution is 2.19. The maximum absolute atomic E-state index is 4.39. The summed E-state index contributed by atoms with van der Waals surface area (Å²) in [6, 6.07) is 4.76. The first kappa shape index (κ1) is 10.5. The molecule has 2 aromatic rings. The molecule has 88 valence electrons. The maximum Gasteiger partial charge on any atom is 0.110 e. The van der Waals surface area contributed by atoms with Gasteiger partial charge in [0.1, 0.15) is 5.82 Å². The smallest absolute Gasteiger partial charge is 0.110 e. The Morgan fingerprint density at radius 2 is 2.29 bits per heavy atom. The second kappa shape index (κ2) is 4.67. The molecule has 4 nitrogen and oxygen atoms in total. The highest BCUT2D eigenvalue weighted by atomic mass is 15.0. The van der Waals surface area contributed by atoms with Crippen molar-refractivity contribution in [3.8, 4) is 0 Å². The fourth-order valence-electron chi connectivity index (χ4n) is 1.82. The lowest BCUT2D eigenvalue weighted by atomic mass is 10.2. The number of nitrogens with one attached hydrogen (secondary N) is 2. The van der Waals surface area contributed by atoms with Gasteiger partial charge in [-0.15, -0.1) is 0 Å². The largest absolute Gasteiger partial charge is 0.345 e. The Hall–Kier alpha value is -1.68. The third-order valence-electron chi connectivity index (χ3n) is 2.93. The number of aromatic nitrogens is 3. The first-order valence-electron chi connectivity index (χ1n) is 6.05. The maximum atomic E-state index is 4.39. The molecule has 1 saturated carbocycles. The predicted molar refractivity (Wildman–Crippen MR) is 65.5 cm³/mol. The zero-order chi connectivity index (χ0) is 11.5. The molecular formula is C13H16N4. The van der Waals surface area contributed by atoms with Crippen molar-refractivity contribution in [3.05, 3.63) is 47.8 Å². The van der Waals surface area contributed by atoms with Gasteiger partial charge in [-0.05, 0) is 24.5 Å². The molecule has 0 bridgehead atoms. The Morgan fingerprint density at radius 3 is 3.06 bits per heavy atom. The average molecular weight is 228 g/mol. The van der Waals surface area contributed by atoms with Crippen molar-refractivity contribution in [2.24, 2.45) is 0 Å². The van der Waals surface area contributed by atoms with Crippen LogP contribution >= 0.6 is 0 Å². The number of nitrogens with zero attached hydrogens (tertiary/aromatic N) is 2. The third-order valence-corrected chi connectivity index (χ3v) is 2.93. The summed E-state index contributed by atoms with van der Waals surface area (Å²) in [6.07, 6.45) is 9.03. The standard InChI is InChI=1S/C13H16N4/c1-2-10(7-14-5-1)6-13-16-9-12(17-13)8-15-11-3-4-11/h1-2,5,7,9,11,15H,3-4,6,8H2,(H,16,17). The van der Waals surface area contributed by atoms with Crippen molar-refractivity contribution in [1.29, 1.82) is 0 Å². The van der Waals surface area contributed by atoms with Gasteiger partial charge in [0.05, 0.1) is 0 Å². The van der Waals surface area contributed by atoms with Gasteiger partial charge in [-0.1, -0.05) is 6.07 Å². The molecule has 4 heteroatoms. The summed E-state index contributed by atoms with van der Waals surface area (Å²) >= 11 is 0. The number of pyridine rings is 1. The molecule has 2 aromatic heterocycles. The van der Waals surface area contributed by atoms with Gasteiger partial charge in [0.15, 0.2) is 0 Å². The van der Waals surface area contributed by atoms with Crippen molar-refractivity contribution in [2.45, 2.75) is 31.8 Å². The van der Waals surface area contributed by atoms with Crippen molar-refractivity contribution < 1.29 is 0 Å². The molecule has 0 aromatic carbocycles. The molecule has 2 heterocycles. The minimum Gasteiger partial charge on any atom is -0.345 e. The normalized spacial score (nSPS) is 15.1. The van der Waals surface area contributed by atoms with Crippen molar-refractivity contribution in [3.63, 3.8) is 0 Å². The minimum atomic E-state index is 0.736. The van der Waals surface area contributed by atoms with E-state index in [0.717, 1.165) is 30.5 Å². The lowest BCUT2D eigenvalue weighted by molar-refractivity contribution is 0.676. The van der Waals surface area contributed by atoms with Crippen LogP contribution in [0.4, 0.5) is 0 Å². The van der Waals surface area contributed by atoms with Crippen LogP contribution in [-0.4, -0.2) is 21.0 Å². The van der Waals surface area contributed by atoms with Crippen LogP contribution in [0.15, 0.2) is 30.7 Å². The van der Waals surface area contributed by atoms with Crippen LogP contribution in [0.1, 0.15) is 29.9 Å². The number of hydrogen-bond acceptors (Lipinski definition) is 3. The zero-order valence-electron chi connectivity index (χ0n) is 9.69. The van der Waals surface area contributed by atoms with E-state index in [1.807, 2.05) is 18.5 Å². The summed E-state index contributed by atoms with van der Waals surface area (Å²) < 4.78 is 0. The van der Waals surface area contributed by atoms with Crippen LogP contribution in [0, 0.1) is 0 Å². The number of rotatable bonds is 5. The Balaban J connectivity index is 1.59. The van der Waals surface area contributed by atoms with E-state index < -0.39 is 0 Å². The molecule has 1 aliphatic carbocycles. The topological polar surface area (TPSA) is 53.6 Å². The summed E-state index contributed by atoms with van der Waals surface area (Å²) in [5.41, 5.74) is 2.35. The number of imidazole rings is 1. The highest BCUT2D eigenvalue weighted by Gasteiger charge is 2.20. The van der Waals surface area contributed by atoms with Gasteiger partial charge >= 0.3 is 0 Å². The predicted octanol–water partition coefficient (Wildman–Crippen LogP) is 1.65. The molecule has 1 aliphatic rings. The average Bonchev–Trinajstić information content (AvgIpc) is 3.09. The van der Waals surface area contributed by atoms with Crippen molar-refractivity contribution in [1.82, 2.24) is 20.3 Å². The SMILES string of the molecule is c1cncc(Cc2ncc(CNC3CC3)[nH]2)c1. The van der Waals surface area contributed by atoms with E-state index >= 15 is 0 Å². The van der Waals surface area contributed by atoms with Crippen LogP contribution in [0.3, 0.4) is 0 Å². The lowest BCUT2D eigenvalue weighted by Crippen LogP contribution is -2.15. The van der Waals surface area contributed by atoms with Crippen molar-refractivity contribution in [2.75, 3.05) is 0 Å². The molecule has 0 spiro atoms. The van der Waals surface area contributed by atoms with Gasteiger partial charge in [-0.25, -0.2) is 4.98 Å². The van der Waals surface area contributed by atoms with Crippen LogP contribution in [0.2, 0.25) is 0 Å². The molecular weight excluding hydrogens is 212 g/mol. The fourth-order valence-corrected chi connectivity index (χ4v) is 1.82. The molecule has 0 saturated heterocycles. The summed E-state index contributed by atoms with van der Waals surface area (Å²) in [5.74, 6) is 1.01. The van der Waals surface area contributed by atoms with Gasteiger partial charge in [0.25, 0.3) is 0 Å². The summed E-state index contributed by atoms with van der Waals surface area (Å²) in [6.45, 7) is 0.894. The van der Waals surface area contributed by atoms with E-state index in [4.69, 9.17) is 0 Å². The first-order chi connectivity index (χ1) is 8.40. The molecule has 0 unspecified atom stereocenters. The number of aromatic amines is 1. The molecule has 0 aliphatic heterocycles. The Kier molecular flexibility index (Phi) is 2.88. The van der Waals surface area contributed by atoms with E-state index in [-0.39, 0.29) is 0 Å².